The van der Waals surface area contributed by atoms with E-state index in [1.807, 2.05) is 48.5 Å². The standard InChI is InChI=1S/C29H22ClN3O2/c1-19-13-14-20(2)26(17-19)32-28(22-11-7-4-8-12-22)27(21-9-5-3-6-10-21)31-29(32)23-15-16-25(33(34)35)24(30)18-23/h3-18H,1-2H3. The van der Waals surface area contributed by atoms with Crippen LogP contribution in [0.25, 0.3) is 39.6 Å². The van der Waals surface area contributed by atoms with Crippen molar-refractivity contribution in [3.8, 4) is 39.6 Å². The molecule has 0 aliphatic rings. The van der Waals surface area contributed by atoms with Gasteiger partial charge in [0.25, 0.3) is 5.69 Å². The highest BCUT2D eigenvalue weighted by Crippen LogP contribution is 2.40. The first-order valence-corrected chi connectivity index (χ1v) is 11.6. The van der Waals surface area contributed by atoms with Crippen molar-refractivity contribution in [1.29, 1.82) is 0 Å². The zero-order chi connectivity index (χ0) is 24.5. The summed E-state index contributed by atoms with van der Waals surface area (Å²) in [6, 6.07) is 31.2. The van der Waals surface area contributed by atoms with Crippen molar-refractivity contribution in [3.05, 3.63) is 123 Å². The van der Waals surface area contributed by atoms with E-state index in [-0.39, 0.29) is 10.7 Å². The van der Waals surface area contributed by atoms with Crippen LogP contribution >= 0.6 is 11.6 Å². The van der Waals surface area contributed by atoms with E-state index in [1.54, 1.807) is 12.1 Å². The maximum absolute atomic E-state index is 11.4. The Morgan fingerprint density at radius 1 is 0.800 bits per heavy atom. The van der Waals surface area contributed by atoms with Gasteiger partial charge in [0.1, 0.15) is 10.8 Å². The van der Waals surface area contributed by atoms with Crippen molar-refractivity contribution < 1.29 is 4.92 Å². The molecule has 0 fully saturated rings. The Bertz CT molecular complexity index is 1540. The van der Waals surface area contributed by atoms with Crippen molar-refractivity contribution in [2.45, 2.75) is 13.8 Å². The smallest absolute Gasteiger partial charge is 0.287 e. The molecular weight excluding hydrogens is 458 g/mol. The Hall–Kier alpha value is -4.22. The molecule has 5 aromatic rings. The number of hydrogen-bond acceptors (Lipinski definition) is 3. The second-order valence-corrected chi connectivity index (χ2v) is 8.82. The van der Waals surface area contributed by atoms with Gasteiger partial charge < -0.3 is 0 Å². The summed E-state index contributed by atoms with van der Waals surface area (Å²) < 4.78 is 2.14. The SMILES string of the molecule is Cc1ccc(C)c(-n2c(-c3ccc([N+](=O)[O-])c(Cl)c3)nc(-c3ccccc3)c2-c2ccccc2)c1. The first-order chi connectivity index (χ1) is 16.9. The van der Waals surface area contributed by atoms with Crippen molar-refractivity contribution >= 4 is 17.3 Å². The summed E-state index contributed by atoms with van der Waals surface area (Å²) in [6.07, 6.45) is 0. The largest absolute Gasteiger partial charge is 0.291 e. The molecule has 0 aliphatic carbocycles. The molecule has 0 aliphatic heterocycles. The topological polar surface area (TPSA) is 61.0 Å². The van der Waals surface area contributed by atoms with E-state index < -0.39 is 4.92 Å². The molecule has 0 bridgehead atoms. The lowest BCUT2D eigenvalue weighted by molar-refractivity contribution is -0.384. The molecule has 6 heteroatoms. The lowest BCUT2D eigenvalue weighted by Gasteiger charge is -2.16. The van der Waals surface area contributed by atoms with E-state index in [9.17, 15) is 10.1 Å². The molecule has 0 radical (unpaired) electrons. The first kappa shape index (κ1) is 22.6. The number of rotatable bonds is 5. The molecule has 35 heavy (non-hydrogen) atoms. The normalized spacial score (nSPS) is 10.9. The van der Waals surface area contributed by atoms with Crippen LogP contribution in [0.5, 0.6) is 0 Å². The zero-order valence-electron chi connectivity index (χ0n) is 19.3. The molecule has 1 heterocycles. The van der Waals surface area contributed by atoms with Gasteiger partial charge in [-0.2, -0.15) is 0 Å². The van der Waals surface area contributed by atoms with E-state index >= 15 is 0 Å². The maximum atomic E-state index is 11.4. The predicted molar refractivity (Wildman–Crippen MR) is 141 cm³/mol. The molecule has 5 rings (SSSR count). The molecule has 4 aromatic carbocycles. The van der Waals surface area contributed by atoms with Crippen LogP contribution in [0.1, 0.15) is 11.1 Å². The molecule has 0 unspecified atom stereocenters. The average molecular weight is 480 g/mol. The molecule has 0 spiro atoms. The number of nitrogens with zero attached hydrogens (tertiary/aromatic N) is 3. The van der Waals surface area contributed by atoms with Gasteiger partial charge in [-0.15, -0.1) is 0 Å². The summed E-state index contributed by atoms with van der Waals surface area (Å²) in [7, 11) is 0. The quantitative estimate of drug-likeness (QED) is 0.189. The number of aromatic nitrogens is 2. The summed E-state index contributed by atoms with van der Waals surface area (Å²) >= 11 is 6.33. The van der Waals surface area contributed by atoms with Gasteiger partial charge in [0.05, 0.1) is 22.0 Å². The van der Waals surface area contributed by atoms with E-state index in [4.69, 9.17) is 16.6 Å². The van der Waals surface area contributed by atoms with Gasteiger partial charge in [0.15, 0.2) is 0 Å². The molecule has 1 aromatic heterocycles. The minimum Gasteiger partial charge on any atom is -0.291 e. The predicted octanol–water partition coefficient (Wildman–Crippen LogP) is 8.05. The Kier molecular flexibility index (Phi) is 5.93. The molecule has 0 amide bonds. The van der Waals surface area contributed by atoms with Crippen LogP contribution in [0, 0.1) is 24.0 Å². The second-order valence-electron chi connectivity index (χ2n) is 8.41. The highest BCUT2D eigenvalue weighted by Gasteiger charge is 2.24. The number of benzene rings is 4. The number of hydrogen-bond donors (Lipinski definition) is 0. The third-order valence-electron chi connectivity index (χ3n) is 5.98. The maximum Gasteiger partial charge on any atom is 0.287 e. The van der Waals surface area contributed by atoms with Crippen molar-refractivity contribution in [2.24, 2.45) is 0 Å². The van der Waals surface area contributed by atoms with Gasteiger partial charge in [0.2, 0.25) is 0 Å². The summed E-state index contributed by atoms with van der Waals surface area (Å²) in [5, 5.41) is 11.4. The number of nitro groups is 1. The summed E-state index contributed by atoms with van der Waals surface area (Å²) in [6.45, 7) is 4.13. The van der Waals surface area contributed by atoms with Crippen LogP contribution in [-0.2, 0) is 0 Å². The van der Waals surface area contributed by atoms with Crippen LogP contribution in [0.4, 0.5) is 5.69 Å². The average Bonchev–Trinajstić information content (AvgIpc) is 3.27. The van der Waals surface area contributed by atoms with E-state index in [1.165, 1.54) is 6.07 Å². The fourth-order valence-corrected chi connectivity index (χ4v) is 4.51. The number of imidazole rings is 1. The van der Waals surface area contributed by atoms with Crippen LogP contribution < -0.4 is 0 Å². The van der Waals surface area contributed by atoms with Gasteiger partial charge >= 0.3 is 0 Å². The van der Waals surface area contributed by atoms with Crippen LogP contribution in [0.2, 0.25) is 5.02 Å². The molecule has 0 N–H and O–H groups in total. The fourth-order valence-electron chi connectivity index (χ4n) is 4.26. The minimum absolute atomic E-state index is 0.0746. The van der Waals surface area contributed by atoms with Crippen LogP contribution in [-0.4, -0.2) is 14.5 Å². The van der Waals surface area contributed by atoms with E-state index in [0.29, 0.717) is 11.4 Å². The minimum atomic E-state index is -0.478. The van der Waals surface area contributed by atoms with E-state index in [2.05, 4.69) is 48.7 Å². The lowest BCUT2D eigenvalue weighted by Crippen LogP contribution is -2.03. The summed E-state index contributed by atoms with van der Waals surface area (Å²) in [5.41, 5.74) is 7.50. The summed E-state index contributed by atoms with van der Waals surface area (Å²) in [4.78, 5) is 16.0. The van der Waals surface area contributed by atoms with Crippen molar-refractivity contribution in [2.75, 3.05) is 0 Å². The third kappa shape index (κ3) is 4.22. The fraction of sp³-hybridized carbons (Fsp3) is 0.0690. The lowest BCUT2D eigenvalue weighted by atomic mass is 10.0. The number of nitro benzene ring substituents is 1. The third-order valence-corrected chi connectivity index (χ3v) is 6.28. The van der Waals surface area contributed by atoms with E-state index in [0.717, 1.165) is 39.3 Å². The molecular formula is C29H22ClN3O2. The Labute approximate surface area is 208 Å². The number of halogens is 1. The number of aryl methyl sites for hydroxylation is 2. The zero-order valence-corrected chi connectivity index (χ0v) is 20.0. The molecule has 0 atom stereocenters. The molecule has 172 valence electrons. The van der Waals surface area contributed by atoms with Gasteiger partial charge in [-0.1, -0.05) is 84.4 Å². The monoisotopic (exact) mass is 479 g/mol. The molecule has 0 saturated carbocycles. The Morgan fingerprint density at radius 2 is 1.46 bits per heavy atom. The van der Waals surface area contributed by atoms with Gasteiger partial charge in [-0.25, -0.2) is 4.98 Å². The van der Waals surface area contributed by atoms with Crippen LogP contribution in [0.3, 0.4) is 0 Å². The van der Waals surface area contributed by atoms with Crippen LogP contribution in [0.15, 0.2) is 97.1 Å². The highest BCUT2D eigenvalue weighted by molar-refractivity contribution is 6.32. The first-order valence-electron chi connectivity index (χ1n) is 11.2. The highest BCUT2D eigenvalue weighted by atomic mass is 35.5. The summed E-state index contributed by atoms with van der Waals surface area (Å²) in [5.74, 6) is 0.660. The van der Waals surface area contributed by atoms with Gasteiger partial charge in [0, 0.05) is 22.8 Å². The Balaban J connectivity index is 1.90. The Morgan fingerprint density at radius 3 is 2.09 bits per heavy atom. The van der Waals surface area contributed by atoms with Gasteiger partial charge in [-0.05, 0) is 43.2 Å². The van der Waals surface area contributed by atoms with Gasteiger partial charge in [-0.3, -0.25) is 14.7 Å². The van der Waals surface area contributed by atoms with Crippen molar-refractivity contribution in [3.63, 3.8) is 0 Å². The second kappa shape index (κ2) is 9.20. The van der Waals surface area contributed by atoms with Crippen molar-refractivity contribution in [1.82, 2.24) is 9.55 Å². The molecule has 0 saturated heterocycles. The molecule has 5 nitrogen and oxygen atoms in total.